The summed E-state index contributed by atoms with van der Waals surface area (Å²) in [5.74, 6) is 1.33. The van der Waals surface area contributed by atoms with Crippen molar-refractivity contribution < 1.29 is 9.21 Å². The molecule has 1 unspecified atom stereocenters. The number of likely N-dealkylation sites (N-methyl/N-ethyl adjacent to an activating group) is 1. The van der Waals surface area contributed by atoms with Crippen LogP contribution in [0.3, 0.4) is 0 Å². The van der Waals surface area contributed by atoms with Gasteiger partial charge in [-0.25, -0.2) is 0 Å². The summed E-state index contributed by atoms with van der Waals surface area (Å²) in [6.07, 6.45) is 4.48. The number of ketones is 1. The second-order valence-electron chi connectivity index (χ2n) is 4.02. The van der Waals surface area contributed by atoms with Crippen molar-refractivity contribution in [2.75, 3.05) is 6.54 Å². The molecule has 1 aliphatic rings. The maximum atomic E-state index is 11.6. The van der Waals surface area contributed by atoms with Gasteiger partial charge in [0.05, 0.1) is 18.8 Å². The molecule has 0 bridgehead atoms. The van der Waals surface area contributed by atoms with Crippen molar-refractivity contribution in [2.24, 2.45) is 0 Å². The molecular weight excluding hydrogens is 190 g/mol. The molecule has 0 spiro atoms. The molecule has 1 aromatic heterocycles. The van der Waals surface area contributed by atoms with E-state index < -0.39 is 0 Å². The Bertz CT molecular complexity index is 318. The van der Waals surface area contributed by atoms with Crippen LogP contribution in [0, 0.1) is 0 Å². The van der Waals surface area contributed by atoms with Gasteiger partial charge in [0.2, 0.25) is 0 Å². The maximum Gasteiger partial charge on any atom is 0.149 e. The number of hydrogen-bond donors (Lipinski definition) is 0. The molecule has 1 fully saturated rings. The van der Waals surface area contributed by atoms with Gasteiger partial charge in [-0.2, -0.15) is 0 Å². The molecule has 82 valence electrons. The zero-order chi connectivity index (χ0) is 10.7. The standard InChI is InChI=1S/C12H17NO2/c1-2-13(9-10-5-4-8-15-10)11-6-3-7-12(11)14/h4-5,8,11H,2-3,6-7,9H2,1H3. The molecule has 0 N–H and O–H groups in total. The van der Waals surface area contributed by atoms with Crippen molar-refractivity contribution in [3.8, 4) is 0 Å². The summed E-state index contributed by atoms with van der Waals surface area (Å²) in [6.45, 7) is 3.74. The third-order valence-electron chi connectivity index (χ3n) is 3.06. The molecule has 3 nitrogen and oxygen atoms in total. The fourth-order valence-corrected chi connectivity index (χ4v) is 2.23. The second-order valence-corrected chi connectivity index (χ2v) is 4.02. The van der Waals surface area contributed by atoms with Gasteiger partial charge < -0.3 is 4.42 Å². The minimum absolute atomic E-state index is 0.125. The lowest BCUT2D eigenvalue weighted by atomic mass is 10.2. The third kappa shape index (κ3) is 2.29. The van der Waals surface area contributed by atoms with Crippen LogP contribution in [0.2, 0.25) is 0 Å². The van der Waals surface area contributed by atoms with E-state index in [0.29, 0.717) is 5.78 Å². The van der Waals surface area contributed by atoms with E-state index >= 15 is 0 Å². The predicted molar refractivity (Wildman–Crippen MR) is 57.4 cm³/mol. The van der Waals surface area contributed by atoms with E-state index in [1.54, 1.807) is 6.26 Å². The van der Waals surface area contributed by atoms with Crippen LogP contribution in [0.5, 0.6) is 0 Å². The highest BCUT2D eigenvalue weighted by Gasteiger charge is 2.29. The first kappa shape index (κ1) is 10.4. The van der Waals surface area contributed by atoms with Crippen LogP contribution < -0.4 is 0 Å². The minimum atomic E-state index is 0.125. The average molecular weight is 207 g/mol. The van der Waals surface area contributed by atoms with Crippen molar-refractivity contribution in [2.45, 2.75) is 38.8 Å². The Kier molecular flexibility index (Phi) is 3.21. The van der Waals surface area contributed by atoms with Crippen LogP contribution in [-0.4, -0.2) is 23.3 Å². The van der Waals surface area contributed by atoms with Gasteiger partial charge in [-0.3, -0.25) is 9.69 Å². The van der Waals surface area contributed by atoms with Gasteiger partial charge in [-0.1, -0.05) is 6.92 Å². The molecule has 1 heterocycles. The van der Waals surface area contributed by atoms with E-state index in [0.717, 1.165) is 38.1 Å². The Labute approximate surface area is 90.1 Å². The molecule has 0 aromatic carbocycles. The summed E-state index contributed by atoms with van der Waals surface area (Å²) in [4.78, 5) is 13.8. The van der Waals surface area contributed by atoms with Crippen molar-refractivity contribution in [1.29, 1.82) is 0 Å². The van der Waals surface area contributed by atoms with Crippen LogP contribution in [0.4, 0.5) is 0 Å². The molecule has 1 aliphatic carbocycles. The number of hydrogen-bond acceptors (Lipinski definition) is 3. The van der Waals surface area contributed by atoms with Crippen LogP contribution in [0.25, 0.3) is 0 Å². The molecule has 1 atom stereocenters. The molecule has 3 heteroatoms. The summed E-state index contributed by atoms with van der Waals surface area (Å²) in [6, 6.07) is 3.97. The van der Waals surface area contributed by atoms with E-state index in [9.17, 15) is 4.79 Å². The number of nitrogens with zero attached hydrogens (tertiary/aromatic N) is 1. The number of carbonyl (C=O) groups is 1. The van der Waals surface area contributed by atoms with Gasteiger partial charge in [-0.05, 0) is 31.5 Å². The molecule has 0 aliphatic heterocycles. The van der Waals surface area contributed by atoms with E-state index in [2.05, 4.69) is 11.8 Å². The number of furan rings is 1. The largest absolute Gasteiger partial charge is 0.468 e. The van der Waals surface area contributed by atoms with Crippen LogP contribution in [-0.2, 0) is 11.3 Å². The fraction of sp³-hybridized carbons (Fsp3) is 0.583. The molecule has 2 rings (SSSR count). The zero-order valence-electron chi connectivity index (χ0n) is 9.11. The van der Waals surface area contributed by atoms with Gasteiger partial charge in [0, 0.05) is 6.42 Å². The van der Waals surface area contributed by atoms with Crippen molar-refractivity contribution in [1.82, 2.24) is 4.90 Å². The Morgan fingerprint density at radius 1 is 1.60 bits per heavy atom. The van der Waals surface area contributed by atoms with Crippen molar-refractivity contribution in [3.05, 3.63) is 24.2 Å². The second kappa shape index (κ2) is 4.62. The normalized spacial score (nSPS) is 21.5. The summed E-state index contributed by atoms with van der Waals surface area (Å²) >= 11 is 0. The lowest BCUT2D eigenvalue weighted by molar-refractivity contribution is -0.122. The highest BCUT2D eigenvalue weighted by Crippen LogP contribution is 2.21. The maximum absolute atomic E-state index is 11.6. The Morgan fingerprint density at radius 3 is 3.00 bits per heavy atom. The van der Waals surface area contributed by atoms with E-state index in [4.69, 9.17) is 4.42 Å². The third-order valence-corrected chi connectivity index (χ3v) is 3.06. The van der Waals surface area contributed by atoms with Gasteiger partial charge in [0.15, 0.2) is 0 Å². The topological polar surface area (TPSA) is 33.5 Å². The first-order valence-corrected chi connectivity index (χ1v) is 5.60. The lowest BCUT2D eigenvalue weighted by Gasteiger charge is -2.24. The monoisotopic (exact) mass is 207 g/mol. The van der Waals surface area contributed by atoms with Gasteiger partial charge in [-0.15, -0.1) is 0 Å². The lowest BCUT2D eigenvalue weighted by Crippen LogP contribution is -2.37. The fourth-order valence-electron chi connectivity index (χ4n) is 2.23. The summed E-state index contributed by atoms with van der Waals surface area (Å²) in [7, 11) is 0. The number of Topliss-reactive ketones (excluding diaryl/α,β-unsaturated/α-hetero) is 1. The van der Waals surface area contributed by atoms with Crippen LogP contribution in [0.1, 0.15) is 31.9 Å². The predicted octanol–water partition coefficient (Wildman–Crippen LogP) is 2.22. The van der Waals surface area contributed by atoms with Gasteiger partial charge in [0.25, 0.3) is 0 Å². The summed E-state index contributed by atoms with van der Waals surface area (Å²) in [5, 5.41) is 0. The number of carbonyl (C=O) groups excluding carboxylic acids is 1. The highest BCUT2D eigenvalue weighted by molar-refractivity contribution is 5.85. The molecule has 0 amide bonds. The van der Waals surface area contributed by atoms with Crippen molar-refractivity contribution >= 4 is 5.78 Å². The van der Waals surface area contributed by atoms with Gasteiger partial charge >= 0.3 is 0 Å². The minimum Gasteiger partial charge on any atom is -0.468 e. The van der Waals surface area contributed by atoms with Gasteiger partial charge in [0.1, 0.15) is 11.5 Å². The van der Waals surface area contributed by atoms with Crippen molar-refractivity contribution in [3.63, 3.8) is 0 Å². The molecule has 1 aromatic rings. The smallest absolute Gasteiger partial charge is 0.149 e. The first-order valence-electron chi connectivity index (χ1n) is 5.60. The quantitative estimate of drug-likeness (QED) is 0.759. The van der Waals surface area contributed by atoms with E-state index in [1.165, 1.54) is 0 Å². The summed E-state index contributed by atoms with van der Waals surface area (Å²) in [5.41, 5.74) is 0. The zero-order valence-corrected chi connectivity index (χ0v) is 9.11. The highest BCUT2D eigenvalue weighted by atomic mass is 16.3. The molecular formula is C12H17NO2. The first-order chi connectivity index (χ1) is 7.31. The van der Waals surface area contributed by atoms with Crippen LogP contribution in [0.15, 0.2) is 22.8 Å². The Balaban J connectivity index is 2.01. The molecule has 15 heavy (non-hydrogen) atoms. The van der Waals surface area contributed by atoms with Crippen LogP contribution >= 0.6 is 0 Å². The Hall–Kier alpha value is -1.09. The SMILES string of the molecule is CCN(Cc1ccco1)C1CCCC1=O. The van der Waals surface area contributed by atoms with E-state index in [1.807, 2.05) is 12.1 Å². The average Bonchev–Trinajstić information content (AvgIpc) is 2.85. The number of rotatable bonds is 4. The van der Waals surface area contributed by atoms with E-state index in [-0.39, 0.29) is 6.04 Å². The molecule has 0 saturated heterocycles. The molecule has 0 radical (unpaired) electrons. The summed E-state index contributed by atoms with van der Waals surface area (Å²) < 4.78 is 5.31. The Morgan fingerprint density at radius 2 is 2.47 bits per heavy atom. The molecule has 1 saturated carbocycles.